The number of nitrogens with one attached hydrogen (secondary N) is 1. The summed E-state index contributed by atoms with van der Waals surface area (Å²) >= 11 is 0. The number of benzene rings is 1. The van der Waals surface area contributed by atoms with Crippen LogP contribution >= 0.6 is 0 Å². The van der Waals surface area contributed by atoms with E-state index in [1.54, 1.807) is 0 Å². The van der Waals surface area contributed by atoms with E-state index in [9.17, 15) is 4.79 Å². The molecule has 0 radical (unpaired) electrons. The number of piperazine rings is 1. The van der Waals surface area contributed by atoms with Crippen molar-refractivity contribution in [2.45, 2.75) is 19.5 Å². The van der Waals surface area contributed by atoms with E-state index in [-0.39, 0.29) is 17.9 Å². The Morgan fingerprint density at radius 2 is 1.86 bits per heavy atom. The van der Waals surface area contributed by atoms with E-state index < -0.39 is 0 Å². The van der Waals surface area contributed by atoms with Crippen molar-refractivity contribution in [3.8, 4) is 5.75 Å². The topological polar surface area (TPSA) is 57.3 Å². The standard InChI is InChI=1S/C22H34N4O3/c1-2-24-7-9-25(10-8-24)11-12-29-21-6-4-3-5-18(21)13-26-14-19-16-28-17-20(15-26)23-22(19)27/h3-6,19-20H,2,7-17H2,1H3,(H,23,27)/t19-,20+/m1/s1. The Bertz CT molecular complexity index is 678. The predicted molar refractivity (Wildman–Crippen MR) is 112 cm³/mol. The molecule has 3 saturated heterocycles. The van der Waals surface area contributed by atoms with E-state index in [2.05, 4.69) is 45.1 Å². The lowest BCUT2D eigenvalue weighted by Gasteiger charge is -2.33. The number of carbonyl (C=O) groups is 1. The molecule has 4 rings (SSSR count). The molecule has 2 atom stereocenters. The summed E-state index contributed by atoms with van der Waals surface area (Å²) < 4.78 is 11.8. The highest BCUT2D eigenvalue weighted by molar-refractivity contribution is 5.79. The lowest BCUT2D eigenvalue weighted by Crippen LogP contribution is -2.47. The molecule has 1 amide bonds. The number of hydrogen-bond acceptors (Lipinski definition) is 6. The van der Waals surface area contributed by atoms with Gasteiger partial charge in [0, 0.05) is 57.9 Å². The second-order valence-corrected chi connectivity index (χ2v) is 8.37. The largest absolute Gasteiger partial charge is 0.492 e. The smallest absolute Gasteiger partial charge is 0.227 e. The zero-order chi connectivity index (χ0) is 20.1. The van der Waals surface area contributed by atoms with Crippen molar-refractivity contribution in [2.75, 3.05) is 72.2 Å². The van der Waals surface area contributed by atoms with Crippen molar-refractivity contribution in [3.63, 3.8) is 0 Å². The van der Waals surface area contributed by atoms with Crippen LogP contribution in [0, 0.1) is 5.92 Å². The first-order valence-corrected chi connectivity index (χ1v) is 11.0. The van der Waals surface area contributed by atoms with Crippen molar-refractivity contribution < 1.29 is 14.3 Å². The maximum atomic E-state index is 12.2. The number of ether oxygens (including phenoxy) is 2. The van der Waals surface area contributed by atoms with Crippen LogP contribution in [0.3, 0.4) is 0 Å². The van der Waals surface area contributed by atoms with Gasteiger partial charge in [0.05, 0.1) is 25.2 Å². The molecule has 3 aliphatic heterocycles. The van der Waals surface area contributed by atoms with Crippen LogP contribution in [0.2, 0.25) is 0 Å². The second-order valence-electron chi connectivity index (χ2n) is 8.37. The normalized spacial score (nSPS) is 26.7. The lowest BCUT2D eigenvalue weighted by molar-refractivity contribution is -0.125. The minimum atomic E-state index is -0.0858. The molecule has 1 aromatic rings. The van der Waals surface area contributed by atoms with Gasteiger partial charge >= 0.3 is 0 Å². The Balaban J connectivity index is 1.31. The van der Waals surface area contributed by atoms with Crippen molar-refractivity contribution in [1.29, 1.82) is 0 Å². The zero-order valence-electron chi connectivity index (χ0n) is 17.5. The fourth-order valence-electron chi connectivity index (χ4n) is 4.48. The number of hydrogen-bond donors (Lipinski definition) is 1. The first-order valence-electron chi connectivity index (χ1n) is 11.0. The summed E-state index contributed by atoms with van der Waals surface area (Å²) in [5.41, 5.74) is 1.19. The molecule has 0 unspecified atom stereocenters. The number of rotatable bonds is 7. The van der Waals surface area contributed by atoms with Crippen LogP contribution in [0.15, 0.2) is 24.3 Å². The number of para-hydroxylation sites is 1. The summed E-state index contributed by atoms with van der Waals surface area (Å²) in [7, 11) is 0. The maximum Gasteiger partial charge on any atom is 0.227 e. The highest BCUT2D eigenvalue weighted by atomic mass is 16.5. The monoisotopic (exact) mass is 402 g/mol. The lowest BCUT2D eigenvalue weighted by atomic mass is 10.1. The van der Waals surface area contributed by atoms with Gasteiger partial charge in [-0.05, 0) is 12.6 Å². The molecular weight excluding hydrogens is 368 g/mol. The third kappa shape index (κ3) is 5.48. The van der Waals surface area contributed by atoms with E-state index in [0.717, 1.165) is 64.7 Å². The number of carbonyl (C=O) groups excluding carboxylic acids is 1. The van der Waals surface area contributed by atoms with E-state index in [0.29, 0.717) is 19.8 Å². The van der Waals surface area contributed by atoms with Crippen LogP contribution in [0.4, 0.5) is 0 Å². The molecule has 1 aromatic carbocycles. The Morgan fingerprint density at radius 1 is 1.07 bits per heavy atom. The van der Waals surface area contributed by atoms with Crippen molar-refractivity contribution in [2.24, 2.45) is 5.92 Å². The third-order valence-electron chi connectivity index (χ3n) is 6.26. The molecule has 0 aromatic heterocycles. The number of likely N-dealkylation sites (N-methyl/N-ethyl adjacent to an activating group) is 1. The first-order chi connectivity index (χ1) is 14.2. The Morgan fingerprint density at radius 3 is 2.69 bits per heavy atom. The van der Waals surface area contributed by atoms with Crippen molar-refractivity contribution in [1.82, 2.24) is 20.0 Å². The Kier molecular flexibility index (Phi) is 7.02. The van der Waals surface area contributed by atoms with Crippen molar-refractivity contribution in [3.05, 3.63) is 29.8 Å². The van der Waals surface area contributed by atoms with E-state index in [1.165, 1.54) is 5.56 Å². The maximum absolute atomic E-state index is 12.2. The van der Waals surface area contributed by atoms with Crippen LogP contribution in [0.1, 0.15) is 12.5 Å². The summed E-state index contributed by atoms with van der Waals surface area (Å²) in [4.78, 5) is 19.6. The van der Waals surface area contributed by atoms with Gasteiger partial charge in [0.25, 0.3) is 0 Å². The molecule has 160 valence electrons. The molecule has 0 saturated carbocycles. The molecular formula is C22H34N4O3. The molecule has 1 N–H and O–H groups in total. The molecule has 29 heavy (non-hydrogen) atoms. The quantitative estimate of drug-likeness (QED) is 0.723. The highest BCUT2D eigenvalue weighted by Crippen LogP contribution is 2.22. The van der Waals surface area contributed by atoms with E-state index in [4.69, 9.17) is 9.47 Å². The summed E-state index contributed by atoms with van der Waals surface area (Å²) in [6.45, 7) is 13.1. The molecule has 3 fully saturated rings. The number of amides is 1. The molecule has 3 heterocycles. The van der Waals surface area contributed by atoms with Gasteiger partial charge in [0.1, 0.15) is 12.4 Å². The first kappa shape index (κ1) is 20.6. The summed E-state index contributed by atoms with van der Waals surface area (Å²) in [6, 6.07) is 8.38. The molecule has 3 aliphatic rings. The molecule has 7 heteroatoms. The van der Waals surface area contributed by atoms with Gasteiger partial charge in [0.2, 0.25) is 5.91 Å². The second kappa shape index (κ2) is 9.89. The van der Waals surface area contributed by atoms with Gasteiger partial charge in [0.15, 0.2) is 0 Å². The van der Waals surface area contributed by atoms with Crippen LogP contribution in [0.5, 0.6) is 5.75 Å². The molecule has 0 spiro atoms. The van der Waals surface area contributed by atoms with Gasteiger partial charge < -0.3 is 19.7 Å². The average molecular weight is 403 g/mol. The molecule has 2 bridgehead atoms. The average Bonchev–Trinajstić information content (AvgIpc) is 2.98. The van der Waals surface area contributed by atoms with Crippen molar-refractivity contribution >= 4 is 5.91 Å². The van der Waals surface area contributed by atoms with Crippen LogP contribution in [0.25, 0.3) is 0 Å². The van der Waals surface area contributed by atoms with Gasteiger partial charge in [-0.3, -0.25) is 14.6 Å². The molecule has 7 nitrogen and oxygen atoms in total. The van der Waals surface area contributed by atoms with Gasteiger partial charge in [-0.2, -0.15) is 0 Å². The highest BCUT2D eigenvalue weighted by Gasteiger charge is 2.33. The Labute approximate surface area is 173 Å². The van der Waals surface area contributed by atoms with Crippen LogP contribution < -0.4 is 10.1 Å². The van der Waals surface area contributed by atoms with Gasteiger partial charge in [-0.25, -0.2) is 0 Å². The SMILES string of the molecule is CCN1CCN(CCOc2ccccc2CN2C[C@H]3COC[C@@H](C2)C(=O)N3)CC1. The van der Waals surface area contributed by atoms with Crippen LogP contribution in [-0.4, -0.2) is 98.8 Å². The number of nitrogens with zero attached hydrogens (tertiary/aromatic N) is 3. The zero-order valence-corrected chi connectivity index (χ0v) is 17.5. The summed E-state index contributed by atoms with van der Waals surface area (Å²) in [5.74, 6) is 1.00. The third-order valence-corrected chi connectivity index (χ3v) is 6.26. The van der Waals surface area contributed by atoms with E-state index in [1.807, 2.05) is 6.07 Å². The van der Waals surface area contributed by atoms with E-state index >= 15 is 0 Å². The van der Waals surface area contributed by atoms with Gasteiger partial charge in [-0.1, -0.05) is 25.1 Å². The van der Waals surface area contributed by atoms with Crippen LogP contribution in [-0.2, 0) is 16.1 Å². The summed E-state index contributed by atoms with van der Waals surface area (Å²) in [6.07, 6.45) is 0. The minimum Gasteiger partial charge on any atom is -0.492 e. The minimum absolute atomic E-state index is 0.0740. The Hall–Kier alpha value is -1.67. The fraction of sp³-hybridized carbons (Fsp3) is 0.682. The summed E-state index contributed by atoms with van der Waals surface area (Å²) in [5, 5.41) is 3.10. The van der Waals surface area contributed by atoms with Gasteiger partial charge in [-0.15, -0.1) is 0 Å². The predicted octanol–water partition coefficient (Wildman–Crippen LogP) is 0.650. The molecule has 0 aliphatic carbocycles. The number of fused-ring (bicyclic) bond motifs is 3. The fourth-order valence-corrected chi connectivity index (χ4v) is 4.48.